The summed E-state index contributed by atoms with van der Waals surface area (Å²) < 4.78 is 9.94. The van der Waals surface area contributed by atoms with Gasteiger partial charge in [0, 0.05) is 0 Å². The van der Waals surface area contributed by atoms with Crippen LogP contribution >= 0.6 is 0 Å². The van der Waals surface area contributed by atoms with Crippen molar-refractivity contribution in [3.63, 3.8) is 0 Å². The van der Waals surface area contributed by atoms with Crippen LogP contribution in [0.2, 0.25) is 0 Å². The van der Waals surface area contributed by atoms with Gasteiger partial charge in [-0.05, 0) is 36.4 Å². The molecule has 0 aliphatic carbocycles. The summed E-state index contributed by atoms with van der Waals surface area (Å²) in [5, 5.41) is 27.6. The molecular formula is C22H18N4O8. The van der Waals surface area contributed by atoms with Crippen molar-refractivity contribution in [3.05, 3.63) is 92.0 Å². The Hall–Kier alpha value is -5.00. The minimum Gasteiger partial charge on any atom is -0.496 e. The number of hydrogen-bond donors (Lipinski definition) is 2. The Morgan fingerprint density at radius 1 is 0.706 bits per heavy atom. The van der Waals surface area contributed by atoms with Crippen molar-refractivity contribution < 1.29 is 28.9 Å². The SMILES string of the molecule is COc1ccc(NC(=O)c2ccccc2C(=O)Nc2ccc(OC)cc2[N+](=O)[O-])c([N+](=O)[O-])c1. The van der Waals surface area contributed by atoms with Crippen molar-refractivity contribution in [3.8, 4) is 11.5 Å². The molecule has 0 aromatic heterocycles. The molecule has 0 aliphatic heterocycles. The van der Waals surface area contributed by atoms with Crippen molar-refractivity contribution in [2.24, 2.45) is 0 Å². The minimum absolute atomic E-state index is 0.0960. The van der Waals surface area contributed by atoms with Gasteiger partial charge in [-0.1, -0.05) is 12.1 Å². The van der Waals surface area contributed by atoms with Crippen LogP contribution in [-0.2, 0) is 0 Å². The second-order valence-corrected chi connectivity index (χ2v) is 6.73. The Morgan fingerprint density at radius 3 is 1.41 bits per heavy atom. The first-order valence-electron chi connectivity index (χ1n) is 9.61. The molecule has 0 spiro atoms. The summed E-state index contributed by atoms with van der Waals surface area (Å²) in [4.78, 5) is 47.2. The van der Waals surface area contributed by atoms with E-state index in [0.717, 1.165) is 12.1 Å². The maximum absolute atomic E-state index is 12.9. The van der Waals surface area contributed by atoms with E-state index in [1.165, 1.54) is 62.8 Å². The molecule has 34 heavy (non-hydrogen) atoms. The maximum atomic E-state index is 12.9. The number of amides is 2. The van der Waals surface area contributed by atoms with Crippen molar-refractivity contribution in [1.29, 1.82) is 0 Å². The number of nitro groups is 2. The van der Waals surface area contributed by atoms with Gasteiger partial charge in [0.2, 0.25) is 0 Å². The van der Waals surface area contributed by atoms with Gasteiger partial charge in [-0.15, -0.1) is 0 Å². The molecule has 0 aliphatic rings. The molecular weight excluding hydrogens is 448 g/mol. The Morgan fingerprint density at radius 2 is 1.09 bits per heavy atom. The maximum Gasteiger partial charge on any atom is 0.296 e. The molecule has 3 aromatic rings. The Labute approximate surface area is 192 Å². The van der Waals surface area contributed by atoms with E-state index in [1.54, 1.807) is 0 Å². The van der Waals surface area contributed by atoms with Crippen molar-refractivity contribution >= 4 is 34.6 Å². The largest absolute Gasteiger partial charge is 0.496 e. The Balaban J connectivity index is 1.91. The lowest BCUT2D eigenvalue weighted by molar-refractivity contribution is -0.384. The third-order valence-corrected chi connectivity index (χ3v) is 4.72. The molecule has 0 saturated carbocycles. The molecule has 0 atom stereocenters. The predicted molar refractivity (Wildman–Crippen MR) is 122 cm³/mol. The molecule has 12 heteroatoms. The predicted octanol–water partition coefficient (Wildman–Crippen LogP) is 4.02. The number of nitrogens with zero attached hydrogens (tertiary/aromatic N) is 2. The lowest BCUT2D eigenvalue weighted by atomic mass is 10.1. The zero-order valence-electron chi connectivity index (χ0n) is 17.9. The Bertz CT molecular complexity index is 1190. The zero-order chi connectivity index (χ0) is 24.8. The molecule has 0 heterocycles. The summed E-state index contributed by atoms with van der Waals surface area (Å²) >= 11 is 0. The van der Waals surface area contributed by atoms with E-state index in [9.17, 15) is 29.8 Å². The summed E-state index contributed by atoms with van der Waals surface area (Å²) in [5.74, 6) is -1.12. The summed E-state index contributed by atoms with van der Waals surface area (Å²) in [5.41, 5.74) is -1.19. The highest BCUT2D eigenvalue weighted by molar-refractivity contribution is 6.16. The number of nitro benzene ring substituents is 2. The molecule has 0 bridgehead atoms. The minimum atomic E-state index is -0.789. The molecule has 2 N–H and O–H groups in total. The van der Waals surface area contributed by atoms with Crippen molar-refractivity contribution in [2.75, 3.05) is 24.9 Å². The van der Waals surface area contributed by atoms with Crippen LogP contribution in [0.15, 0.2) is 60.7 Å². The fraction of sp³-hybridized carbons (Fsp3) is 0.0909. The molecule has 0 saturated heterocycles. The van der Waals surface area contributed by atoms with Crippen LogP contribution in [0, 0.1) is 20.2 Å². The van der Waals surface area contributed by atoms with E-state index in [1.807, 2.05) is 0 Å². The number of carbonyl (C=O) groups is 2. The van der Waals surface area contributed by atoms with Crippen LogP contribution in [0.4, 0.5) is 22.7 Å². The molecule has 0 radical (unpaired) electrons. The second-order valence-electron chi connectivity index (χ2n) is 6.73. The summed E-state index contributed by atoms with van der Waals surface area (Å²) in [7, 11) is 2.69. The number of hydrogen-bond acceptors (Lipinski definition) is 8. The lowest BCUT2D eigenvalue weighted by Crippen LogP contribution is -2.21. The molecule has 0 fully saturated rings. The first-order valence-corrected chi connectivity index (χ1v) is 9.61. The monoisotopic (exact) mass is 466 g/mol. The van der Waals surface area contributed by atoms with Crippen LogP contribution in [-0.4, -0.2) is 35.9 Å². The molecule has 3 aromatic carbocycles. The number of rotatable bonds is 8. The van der Waals surface area contributed by atoms with Crippen molar-refractivity contribution in [2.45, 2.75) is 0 Å². The topological polar surface area (TPSA) is 163 Å². The van der Waals surface area contributed by atoms with Gasteiger partial charge in [0.1, 0.15) is 22.9 Å². The second kappa shape index (κ2) is 10.1. The lowest BCUT2D eigenvalue weighted by Gasteiger charge is -2.12. The summed E-state index contributed by atoms with van der Waals surface area (Å²) in [6.45, 7) is 0. The van der Waals surface area contributed by atoms with E-state index < -0.39 is 33.0 Å². The zero-order valence-corrected chi connectivity index (χ0v) is 17.9. The number of carbonyl (C=O) groups excluding carboxylic acids is 2. The van der Waals surface area contributed by atoms with E-state index in [-0.39, 0.29) is 34.0 Å². The summed E-state index contributed by atoms with van der Waals surface area (Å²) in [6.07, 6.45) is 0. The Kier molecular flexibility index (Phi) is 7.01. The third-order valence-electron chi connectivity index (χ3n) is 4.72. The number of ether oxygens (including phenoxy) is 2. The number of benzene rings is 3. The molecule has 3 rings (SSSR count). The highest BCUT2D eigenvalue weighted by atomic mass is 16.6. The molecule has 174 valence electrons. The standard InChI is InChI=1S/C22H18N4O8/c1-33-13-7-9-17(19(11-13)25(29)30)23-21(27)15-5-3-4-6-16(15)22(28)24-18-10-8-14(34-2)12-20(18)26(31)32/h3-12H,1-2H3,(H,23,27)(H,24,28). The van der Waals surface area contributed by atoms with Crippen LogP contribution in [0.1, 0.15) is 20.7 Å². The van der Waals surface area contributed by atoms with E-state index in [0.29, 0.717) is 0 Å². The van der Waals surface area contributed by atoms with E-state index in [4.69, 9.17) is 9.47 Å². The first-order chi connectivity index (χ1) is 16.2. The molecule has 2 amide bonds. The van der Waals surface area contributed by atoms with Crippen LogP contribution in [0.3, 0.4) is 0 Å². The quantitative estimate of drug-likeness (QED) is 0.371. The van der Waals surface area contributed by atoms with E-state index in [2.05, 4.69) is 10.6 Å². The van der Waals surface area contributed by atoms with Gasteiger partial charge in [0.05, 0.1) is 47.3 Å². The van der Waals surface area contributed by atoms with Gasteiger partial charge < -0.3 is 20.1 Å². The third kappa shape index (κ3) is 5.07. The van der Waals surface area contributed by atoms with Crippen LogP contribution in [0.5, 0.6) is 11.5 Å². The average Bonchev–Trinajstić information content (AvgIpc) is 2.84. The van der Waals surface area contributed by atoms with Gasteiger partial charge in [0.15, 0.2) is 0 Å². The number of nitrogens with one attached hydrogen (secondary N) is 2. The molecule has 12 nitrogen and oxygen atoms in total. The van der Waals surface area contributed by atoms with Gasteiger partial charge >= 0.3 is 0 Å². The van der Waals surface area contributed by atoms with Crippen molar-refractivity contribution in [1.82, 2.24) is 0 Å². The fourth-order valence-corrected chi connectivity index (χ4v) is 3.05. The molecule has 0 unspecified atom stereocenters. The number of methoxy groups -OCH3 is 2. The highest BCUT2D eigenvalue weighted by Crippen LogP contribution is 2.31. The highest BCUT2D eigenvalue weighted by Gasteiger charge is 2.23. The first kappa shape index (κ1) is 23.7. The summed E-state index contributed by atoms with van der Waals surface area (Å²) in [6, 6.07) is 13.5. The number of anilines is 2. The van der Waals surface area contributed by atoms with Gasteiger partial charge in [-0.3, -0.25) is 29.8 Å². The smallest absolute Gasteiger partial charge is 0.296 e. The van der Waals surface area contributed by atoms with Crippen LogP contribution in [0.25, 0.3) is 0 Å². The van der Waals surface area contributed by atoms with Gasteiger partial charge in [-0.2, -0.15) is 0 Å². The van der Waals surface area contributed by atoms with E-state index >= 15 is 0 Å². The fourth-order valence-electron chi connectivity index (χ4n) is 3.05. The van der Waals surface area contributed by atoms with Gasteiger partial charge in [0.25, 0.3) is 23.2 Å². The average molecular weight is 466 g/mol. The van der Waals surface area contributed by atoms with Crippen LogP contribution < -0.4 is 20.1 Å². The van der Waals surface area contributed by atoms with Gasteiger partial charge in [-0.25, -0.2) is 0 Å². The normalized spacial score (nSPS) is 10.2.